The smallest absolute Gasteiger partial charge is 0.340 e. The van der Waals surface area contributed by atoms with Crippen LogP contribution < -0.4 is 10.2 Å². The Morgan fingerprint density at radius 1 is 1.10 bits per heavy atom. The standard InChI is InChI=1S/C23H34N2O5/c1-16(26)24-23(5,21(28)29)15-25(17-11-7-6-8-12-17)19-14-10-9-13-18(19)20(27)30-22(2,3)4/h9-10,13-14,17H,6-8,11-12,15H2,1-5H3,(H,24,26)(H,28,29)/t23-/m1/s1. The number of aliphatic carboxylic acids is 1. The van der Waals surface area contributed by atoms with E-state index < -0.39 is 29.0 Å². The molecule has 0 saturated heterocycles. The van der Waals surface area contributed by atoms with Gasteiger partial charge in [0.1, 0.15) is 5.60 Å². The Morgan fingerprint density at radius 3 is 2.23 bits per heavy atom. The van der Waals surface area contributed by atoms with Crippen molar-refractivity contribution in [1.29, 1.82) is 0 Å². The van der Waals surface area contributed by atoms with Crippen LogP contribution in [0.4, 0.5) is 5.69 Å². The van der Waals surface area contributed by atoms with Gasteiger partial charge < -0.3 is 20.1 Å². The Labute approximate surface area is 178 Å². The van der Waals surface area contributed by atoms with Crippen molar-refractivity contribution in [3.8, 4) is 0 Å². The Kier molecular flexibility index (Phi) is 7.50. The second kappa shape index (κ2) is 9.49. The molecule has 2 rings (SSSR count). The third kappa shape index (κ3) is 6.21. The van der Waals surface area contributed by atoms with Crippen molar-refractivity contribution >= 4 is 23.5 Å². The number of carboxylic acids is 1. The summed E-state index contributed by atoms with van der Waals surface area (Å²) in [5.41, 5.74) is -1.11. The van der Waals surface area contributed by atoms with E-state index in [0.29, 0.717) is 11.3 Å². The third-order valence-corrected chi connectivity index (χ3v) is 5.26. The number of carbonyl (C=O) groups is 3. The highest BCUT2D eigenvalue weighted by Gasteiger charge is 2.39. The molecule has 0 spiro atoms. The number of esters is 1. The zero-order valence-corrected chi connectivity index (χ0v) is 18.7. The summed E-state index contributed by atoms with van der Waals surface area (Å²) >= 11 is 0. The van der Waals surface area contributed by atoms with Crippen LogP contribution in [0.25, 0.3) is 0 Å². The molecule has 1 atom stereocenters. The summed E-state index contributed by atoms with van der Waals surface area (Å²) in [6, 6.07) is 7.20. The molecule has 2 N–H and O–H groups in total. The molecule has 1 aliphatic carbocycles. The molecule has 0 radical (unpaired) electrons. The van der Waals surface area contributed by atoms with Crippen LogP contribution in [0.5, 0.6) is 0 Å². The summed E-state index contributed by atoms with van der Waals surface area (Å²) in [6.45, 7) is 8.29. The number of rotatable bonds is 7. The monoisotopic (exact) mass is 418 g/mol. The molecule has 0 unspecified atom stereocenters. The first kappa shape index (κ1) is 23.7. The molecule has 1 aromatic carbocycles. The molecular formula is C23H34N2O5. The molecule has 1 fully saturated rings. The third-order valence-electron chi connectivity index (χ3n) is 5.26. The van der Waals surface area contributed by atoms with E-state index in [1.54, 1.807) is 12.1 Å². The van der Waals surface area contributed by atoms with Crippen molar-refractivity contribution in [3.05, 3.63) is 29.8 Å². The van der Waals surface area contributed by atoms with Crippen molar-refractivity contribution < 1.29 is 24.2 Å². The van der Waals surface area contributed by atoms with Crippen LogP contribution in [-0.4, -0.2) is 46.7 Å². The zero-order valence-electron chi connectivity index (χ0n) is 18.7. The number of carbonyl (C=O) groups excluding carboxylic acids is 2. The quantitative estimate of drug-likeness (QED) is 0.655. The number of benzene rings is 1. The summed E-state index contributed by atoms with van der Waals surface area (Å²) in [5, 5.41) is 12.5. The van der Waals surface area contributed by atoms with E-state index in [1.165, 1.54) is 13.8 Å². The SMILES string of the molecule is CC(=O)N[C@](C)(CN(c1ccccc1C(=O)OC(C)(C)C)C1CCCCC1)C(=O)O. The van der Waals surface area contributed by atoms with E-state index in [1.807, 2.05) is 37.8 Å². The summed E-state index contributed by atoms with van der Waals surface area (Å²) in [6.07, 6.45) is 5.02. The van der Waals surface area contributed by atoms with Crippen LogP contribution in [0.15, 0.2) is 24.3 Å². The van der Waals surface area contributed by atoms with Crippen LogP contribution >= 0.6 is 0 Å². The molecule has 7 nitrogen and oxygen atoms in total. The molecule has 1 amide bonds. The number of nitrogens with one attached hydrogen (secondary N) is 1. The number of ether oxygens (including phenoxy) is 1. The fourth-order valence-electron chi connectivity index (χ4n) is 3.92. The molecule has 1 saturated carbocycles. The molecule has 1 aliphatic rings. The van der Waals surface area contributed by atoms with Gasteiger partial charge in [-0.1, -0.05) is 31.4 Å². The average molecular weight is 419 g/mol. The van der Waals surface area contributed by atoms with E-state index >= 15 is 0 Å². The van der Waals surface area contributed by atoms with Crippen LogP contribution in [0.2, 0.25) is 0 Å². The minimum absolute atomic E-state index is 0.0480. The van der Waals surface area contributed by atoms with Gasteiger partial charge >= 0.3 is 11.9 Å². The number of amides is 1. The second-order valence-electron chi connectivity index (χ2n) is 9.26. The zero-order chi connectivity index (χ0) is 22.5. The molecule has 0 heterocycles. The lowest BCUT2D eigenvalue weighted by atomic mass is 9.91. The number of nitrogens with zero attached hydrogens (tertiary/aromatic N) is 1. The minimum Gasteiger partial charge on any atom is -0.479 e. The van der Waals surface area contributed by atoms with Crippen molar-refractivity contribution in [3.63, 3.8) is 0 Å². The lowest BCUT2D eigenvalue weighted by molar-refractivity contribution is -0.146. The van der Waals surface area contributed by atoms with E-state index in [0.717, 1.165) is 32.1 Å². The van der Waals surface area contributed by atoms with Gasteiger partial charge in [-0.25, -0.2) is 9.59 Å². The lowest BCUT2D eigenvalue weighted by Gasteiger charge is -2.41. The fraction of sp³-hybridized carbons (Fsp3) is 0.609. The van der Waals surface area contributed by atoms with Gasteiger partial charge in [0.05, 0.1) is 17.8 Å². The molecule has 30 heavy (non-hydrogen) atoms. The van der Waals surface area contributed by atoms with Gasteiger partial charge in [0.2, 0.25) is 5.91 Å². The maximum Gasteiger partial charge on any atom is 0.340 e. The second-order valence-corrected chi connectivity index (χ2v) is 9.26. The van der Waals surface area contributed by atoms with Gasteiger partial charge in [-0.05, 0) is 52.7 Å². The van der Waals surface area contributed by atoms with E-state index in [-0.39, 0.29) is 12.6 Å². The van der Waals surface area contributed by atoms with Gasteiger partial charge in [-0.15, -0.1) is 0 Å². The predicted molar refractivity (Wildman–Crippen MR) is 116 cm³/mol. The van der Waals surface area contributed by atoms with Crippen molar-refractivity contribution in [1.82, 2.24) is 5.32 Å². The number of carboxylic acid groups (broad SMARTS) is 1. The van der Waals surface area contributed by atoms with Gasteiger partial charge in [-0.2, -0.15) is 0 Å². The van der Waals surface area contributed by atoms with Gasteiger partial charge in [0, 0.05) is 13.0 Å². The molecular weight excluding hydrogens is 384 g/mol. The van der Waals surface area contributed by atoms with Crippen LogP contribution in [0.1, 0.15) is 77.1 Å². The normalized spacial score (nSPS) is 17.0. The highest BCUT2D eigenvalue weighted by Crippen LogP contribution is 2.32. The highest BCUT2D eigenvalue weighted by atomic mass is 16.6. The molecule has 166 valence electrons. The topological polar surface area (TPSA) is 95.9 Å². The van der Waals surface area contributed by atoms with Crippen molar-refractivity contribution in [2.75, 3.05) is 11.4 Å². The molecule has 0 aromatic heterocycles. The maximum atomic E-state index is 12.9. The number of anilines is 1. The summed E-state index contributed by atoms with van der Waals surface area (Å²) in [5.74, 6) is -1.98. The van der Waals surface area contributed by atoms with Gasteiger partial charge in [0.25, 0.3) is 0 Å². The Hall–Kier alpha value is -2.57. The molecule has 0 aliphatic heterocycles. The van der Waals surface area contributed by atoms with Crippen molar-refractivity contribution in [2.24, 2.45) is 0 Å². The first-order valence-corrected chi connectivity index (χ1v) is 10.5. The van der Waals surface area contributed by atoms with Crippen LogP contribution in [-0.2, 0) is 14.3 Å². The van der Waals surface area contributed by atoms with Gasteiger partial charge in [0.15, 0.2) is 5.54 Å². The summed E-state index contributed by atoms with van der Waals surface area (Å²) in [4.78, 5) is 38.7. The number of hydrogen-bond acceptors (Lipinski definition) is 5. The first-order chi connectivity index (χ1) is 13.9. The molecule has 1 aromatic rings. The Balaban J connectivity index is 2.49. The largest absolute Gasteiger partial charge is 0.479 e. The summed E-state index contributed by atoms with van der Waals surface area (Å²) in [7, 11) is 0. The van der Waals surface area contributed by atoms with Crippen LogP contribution in [0.3, 0.4) is 0 Å². The Morgan fingerprint density at radius 2 is 1.70 bits per heavy atom. The van der Waals surface area contributed by atoms with E-state index in [4.69, 9.17) is 4.74 Å². The fourth-order valence-corrected chi connectivity index (χ4v) is 3.92. The summed E-state index contributed by atoms with van der Waals surface area (Å²) < 4.78 is 5.59. The lowest BCUT2D eigenvalue weighted by Crippen LogP contribution is -2.60. The van der Waals surface area contributed by atoms with E-state index in [9.17, 15) is 19.5 Å². The van der Waals surface area contributed by atoms with E-state index in [2.05, 4.69) is 5.32 Å². The molecule has 0 bridgehead atoms. The maximum absolute atomic E-state index is 12.9. The predicted octanol–water partition coefficient (Wildman–Crippen LogP) is 3.76. The Bertz CT molecular complexity index is 780. The van der Waals surface area contributed by atoms with Gasteiger partial charge in [-0.3, -0.25) is 4.79 Å². The first-order valence-electron chi connectivity index (χ1n) is 10.5. The highest BCUT2D eigenvalue weighted by molar-refractivity contribution is 5.96. The number of hydrogen-bond donors (Lipinski definition) is 2. The average Bonchev–Trinajstić information content (AvgIpc) is 2.65. The number of para-hydroxylation sites is 1. The minimum atomic E-state index is -1.50. The van der Waals surface area contributed by atoms with Crippen LogP contribution in [0, 0.1) is 0 Å². The van der Waals surface area contributed by atoms with Crippen molar-refractivity contribution in [2.45, 2.75) is 83.9 Å². The molecule has 7 heteroatoms.